The smallest absolute Gasteiger partial charge is 0.350 e. The zero-order valence-electron chi connectivity index (χ0n) is 30.8. The third kappa shape index (κ3) is 7.21. The molecule has 0 bridgehead atoms. The maximum Gasteiger partial charge on any atom is 0.350 e. The van der Waals surface area contributed by atoms with Crippen LogP contribution in [0.3, 0.4) is 0 Å². The van der Waals surface area contributed by atoms with Gasteiger partial charge in [0.15, 0.2) is 17.3 Å². The highest BCUT2D eigenvalue weighted by atomic mass is 16.7. The zero-order valence-corrected chi connectivity index (χ0v) is 30.8. The van der Waals surface area contributed by atoms with Crippen molar-refractivity contribution < 1.29 is 23.9 Å². The number of hydrogen-bond acceptors (Lipinski definition) is 9. The van der Waals surface area contributed by atoms with Crippen molar-refractivity contribution in [3.05, 3.63) is 94.7 Å². The van der Waals surface area contributed by atoms with E-state index in [2.05, 4.69) is 38.8 Å². The molecule has 7 rings (SSSR count). The fourth-order valence-electron chi connectivity index (χ4n) is 8.93. The van der Waals surface area contributed by atoms with Crippen LogP contribution in [0.15, 0.2) is 83.0 Å². The summed E-state index contributed by atoms with van der Waals surface area (Å²) in [4.78, 5) is 51.0. The molecular formula is C42H52N6O5. The molecule has 0 radical (unpaired) electrons. The van der Waals surface area contributed by atoms with Crippen LogP contribution in [0.25, 0.3) is 0 Å². The first-order valence-electron chi connectivity index (χ1n) is 19.2. The average molecular weight is 721 g/mol. The maximum atomic E-state index is 14.3. The van der Waals surface area contributed by atoms with Crippen LogP contribution in [0.5, 0.6) is 0 Å². The first-order chi connectivity index (χ1) is 25.6. The highest BCUT2D eigenvalue weighted by Gasteiger charge is 2.85. The first kappa shape index (κ1) is 36.7. The van der Waals surface area contributed by atoms with Crippen molar-refractivity contribution in [3.63, 3.8) is 0 Å². The number of carbonyl (C=O) groups is 3. The van der Waals surface area contributed by atoms with Crippen LogP contribution in [0.1, 0.15) is 103 Å². The van der Waals surface area contributed by atoms with Gasteiger partial charge in [-0.1, -0.05) is 73.4 Å². The topological polar surface area (TPSA) is 174 Å². The second-order valence-electron chi connectivity index (χ2n) is 15.5. The summed E-state index contributed by atoms with van der Waals surface area (Å²) in [7, 11) is 1.60. The number of hydrogen-bond donors (Lipinski definition) is 4. The van der Waals surface area contributed by atoms with Gasteiger partial charge < -0.3 is 31.6 Å². The Balaban J connectivity index is 1.11. The Labute approximate surface area is 311 Å². The number of aliphatic imine (C=N–C) groups is 1. The molecule has 6 atom stereocenters. The predicted molar refractivity (Wildman–Crippen MR) is 204 cm³/mol. The van der Waals surface area contributed by atoms with E-state index in [-0.39, 0.29) is 53.9 Å². The number of rotatable bonds is 12. The molecule has 2 aromatic rings. The third-order valence-corrected chi connectivity index (χ3v) is 12.0. The van der Waals surface area contributed by atoms with Crippen LogP contribution < -0.4 is 22.1 Å². The predicted octanol–water partition coefficient (Wildman–Crippen LogP) is 5.55. The second-order valence-corrected chi connectivity index (χ2v) is 15.5. The number of nitrogen functional groups attached to an aromatic ring is 1. The highest BCUT2D eigenvalue weighted by Crippen LogP contribution is 2.58. The van der Waals surface area contributed by atoms with Crippen LogP contribution in [0, 0.1) is 17.8 Å². The number of aromatic nitrogens is 1. The number of benzene rings is 1. The molecule has 53 heavy (non-hydrogen) atoms. The van der Waals surface area contributed by atoms with E-state index < -0.39 is 23.0 Å². The van der Waals surface area contributed by atoms with Crippen molar-refractivity contribution in [2.45, 2.75) is 94.4 Å². The van der Waals surface area contributed by atoms with Crippen LogP contribution in [-0.4, -0.2) is 65.9 Å². The second kappa shape index (κ2) is 15.4. The number of anilines is 1. The quantitative estimate of drug-likeness (QED) is 0.0544. The number of guanidine groups is 1. The summed E-state index contributed by atoms with van der Waals surface area (Å²) in [6.07, 6.45) is 20.1. The van der Waals surface area contributed by atoms with Gasteiger partial charge in [-0.2, -0.15) is 0 Å². The molecule has 1 saturated carbocycles. The fraction of sp³-hybridized carbons (Fsp3) is 0.500. The summed E-state index contributed by atoms with van der Waals surface area (Å²) < 4.78 is 12.3. The summed E-state index contributed by atoms with van der Waals surface area (Å²) >= 11 is 0. The molecule has 6 unspecified atom stereocenters. The molecule has 0 amide bonds. The Morgan fingerprint density at radius 2 is 1.91 bits per heavy atom. The average Bonchev–Trinajstić information content (AvgIpc) is 3.89. The van der Waals surface area contributed by atoms with Crippen LogP contribution in [0.2, 0.25) is 0 Å². The minimum atomic E-state index is -2.04. The molecule has 11 nitrogen and oxygen atoms in total. The molecule has 280 valence electrons. The van der Waals surface area contributed by atoms with E-state index in [0.29, 0.717) is 24.1 Å². The Hall–Kier alpha value is -4.61. The van der Waals surface area contributed by atoms with Gasteiger partial charge >= 0.3 is 5.97 Å². The molecule has 1 aliphatic heterocycles. The van der Waals surface area contributed by atoms with Gasteiger partial charge in [-0.3, -0.25) is 14.6 Å². The monoisotopic (exact) mass is 720 g/mol. The number of carbonyl (C=O) groups excluding carboxylic acids is 3. The molecule has 1 aromatic heterocycles. The molecule has 4 aliphatic carbocycles. The number of fused-ring (bicyclic) bond motifs is 3. The lowest BCUT2D eigenvalue weighted by Crippen LogP contribution is -2.51. The summed E-state index contributed by atoms with van der Waals surface area (Å²) in [6, 6.07) is 9.97. The van der Waals surface area contributed by atoms with E-state index in [9.17, 15) is 14.4 Å². The minimum Gasteiger partial charge on any atom is -0.463 e. The van der Waals surface area contributed by atoms with Gasteiger partial charge in [0.05, 0.1) is 12.6 Å². The van der Waals surface area contributed by atoms with Crippen molar-refractivity contribution in [2.75, 3.05) is 25.9 Å². The van der Waals surface area contributed by atoms with Crippen molar-refractivity contribution >= 4 is 29.3 Å². The van der Waals surface area contributed by atoms with E-state index in [1.54, 1.807) is 43.6 Å². The van der Waals surface area contributed by atoms with Gasteiger partial charge in [0, 0.05) is 42.8 Å². The number of ether oxygens (including phenoxy) is 2. The Kier molecular flexibility index (Phi) is 10.7. The molecule has 2 heterocycles. The van der Waals surface area contributed by atoms with Gasteiger partial charge in [-0.15, -0.1) is 0 Å². The number of nitrogens with one attached hydrogen (secondary N) is 2. The van der Waals surface area contributed by atoms with Crippen molar-refractivity contribution in [1.29, 1.82) is 0 Å². The van der Waals surface area contributed by atoms with Crippen LogP contribution in [-0.2, 0) is 14.3 Å². The van der Waals surface area contributed by atoms with E-state index in [4.69, 9.17) is 20.9 Å². The Morgan fingerprint density at radius 3 is 2.66 bits per heavy atom. The lowest BCUT2D eigenvalue weighted by atomic mass is 9.72. The Bertz CT molecular complexity index is 1860. The van der Waals surface area contributed by atoms with Gasteiger partial charge in [0.2, 0.25) is 5.78 Å². The van der Waals surface area contributed by atoms with Crippen molar-refractivity contribution in [1.82, 2.24) is 15.6 Å². The normalized spacial score (nSPS) is 29.0. The van der Waals surface area contributed by atoms with Gasteiger partial charge in [0.1, 0.15) is 5.82 Å². The molecule has 5 aliphatic rings. The zero-order chi connectivity index (χ0) is 37.2. The lowest BCUT2D eigenvalue weighted by molar-refractivity contribution is -0.150. The largest absolute Gasteiger partial charge is 0.463 e. The summed E-state index contributed by atoms with van der Waals surface area (Å²) in [5, 5.41) is 7.03. The number of ketones is 2. The van der Waals surface area contributed by atoms with Crippen LogP contribution >= 0.6 is 0 Å². The maximum absolute atomic E-state index is 14.3. The number of epoxide rings is 1. The van der Waals surface area contributed by atoms with Crippen molar-refractivity contribution in [2.24, 2.45) is 28.5 Å². The fourth-order valence-corrected chi connectivity index (χ4v) is 8.93. The third-order valence-electron chi connectivity index (χ3n) is 12.0. The molecule has 11 heteroatoms. The number of pyridine rings is 1. The van der Waals surface area contributed by atoms with Crippen molar-refractivity contribution in [3.8, 4) is 0 Å². The van der Waals surface area contributed by atoms with E-state index >= 15 is 0 Å². The standard InChI is InChI=1S/C42H52N6O5/c1-26(20-35(48-40(44)45-2)30-17-19-46-36(43)23-30)16-18-41-37(49)32-14-8-9-15-33(32)38(50)42(41,53-41)39(51)52-25-31-21-28-12-6-7-13-29(28)22-34(31)47-24-27-10-4-3-5-11-27/h7-9,13-17,19,22-23,27-28,31,34-35,47H,3-6,10-12,18,20-21,24-25H2,1-2H3,(H2,43,46)(H3,44,45,48). The summed E-state index contributed by atoms with van der Waals surface area (Å²) in [6.45, 7) is 2.99. The molecule has 2 fully saturated rings. The van der Waals surface area contributed by atoms with E-state index in [0.717, 1.165) is 36.9 Å². The minimum absolute atomic E-state index is 0.0187. The van der Waals surface area contributed by atoms with Gasteiger partial charge in [-0.05, 0) is 87.1 Å². The molecular weight excluding hydrogens is 668 g/mol. The van der Waals surface area contributed by atoms with E-state index in [1.165, 1.54) is 37.7 Å². The van der Waals surface area contributed by atoms with E-state index in [1.807, 2.05) is 19.1 Å². The van der Waals surface area contributed by atoms with Gasteiger partial charge in [0.25, 0.3) is 5.60 Å². The first-order valence-corrected chi connectivity index (χ1v) is 19.2. The number of esters is 1. The number of nitrogens with zero attached hydrogens (tertiary/aromatic N) is 2. The summed E-state index contributed by atoms with van der Waals surface area (Å²) in [5.74, 6) is -0.00158. The molecule has 0 spiro atoms. The molecule has 1 saturated heterocycles. The molecule has 6 N–H and O–H groups in total. The number of Topliss-reactive ketones (excluding diaryl/α,β-unsaturated/α-hetero) is 2. The SMILES string of the molecule is CN=C(N)NC(CC(C)=CCC12OC1(C(=O)OCC1CC3CCC=CC3=CC1NCC1CCCCC1)C(=O)c1ccccc1C2=O)c1ccnc(N)c1. The highest BCUT2D eigenvalue weighted by molar-refractivity contribution is 6.32. The van der Waals surface area contributed by atoms with Gasteiger partial charge in [-0.25, -0.2) is 9.78 Å². The van der Waals surface area contributed by atoms with Crippen LogP contribution in [0.4, 0.5) is 5.82 Å². The summed E-state index contributed by atoms with van der Waals surface area (Å²) in [5.41, 5.74) is 11.8. The lowest BCUT2D eigenvalue weighted by Gasteiger charge is -2.37. The number of allylic oxidation sites excluding steroid dienone is 3. The molecule has 1 aromatic carbocycles. The Morgan fingerprint density at radius 1 is 1.13 bits per heavy atom. The number of nitrogens with two attached hydrogens (primary N) is 2.